The highest BCUT2D eigenvalue weighted by Gasteiger charge is 2.21. The van der Waals surface area contributed by atoms with Gasteiger partial charge in [0.05, 0.1) is 17.9 Å². The number of nitrogens with zero attached hydrogens (tertiary/aromatic N) is 1. The van der Waals surface area contributed by atoms with Crippen molar-refractivity contribution in [2.45, 2.75) is 63.8 Å². The van der Waals surface area contributed by atoms with Crippen molar-refractivity contribution in [2.24, 2.45) is 5.92 Å². The molecule has 0 heterocycles. The normalized spacial score (nSPS) is 14.4. The molecule has 1 aromatic rings. The molecule has 1 aliphatic carbocycles. The summed E-state index contributed by atoms with van der Waals surface area (Å²) in [5.41, 5.74) is 0.529. The molecule has 1 aromatic carbocycles. The van der Waals surface area contributed by atoms with Crippen molar-refractivity contribution >= 4 is 29.5 Å². The lowest BCUT2D eigenvalue weighted by atomic mass is 9.89. The second kappa shape index (κ2) is 12.6. The standard InChI is InChI=1S/C23H35N3O3S/c1-4-26(15-21(27)25-17(2)3)23(29)19-12-8-9-13-20(19)30-16-22(28)24-14-18-10-6-5-7-11-18/h8-9,12-13,17-18H,4-7,10-11,14-16H2,1-3H3,(H,24,28)(H,25,27). The molecule has 2 rings (SSSR count). The molecule has 0 bridgehead atoms. The SMILES string of the molecule is CCN(CC(=O)NC(C)C)C(=O)c1ccccc1SCC(=O)NCC1CCCCC1. The van der Waals surface area contributed by atoms with Crippen LogP contribution in [0.25, 0.3) is 0 Å². The van der Waals surface area contributed by atoms with E-state index in [-0.39, 0.29) is 36.1 Å². The molecule has 0 aromatic heterocycles. The fraction of sp³-hybridized carbons (Fsp3) is 0.609. The highest BCUT2D eigenvalue weighted by molar-refractivity contribution is 8.00. The van der Waals surface area contributed by atoms with Crippen molar-refractivity contribution in [1.29, 1.82) is 0 Å². The molecule has 2 N–H and O–H groups in total. The zero-order valence-corrected chi connectivity index (χ0v) is 19.2. The van der Waals surface area contributed by atoms with Gasteiger partial charge in [-0.1, -0.05) is 31.4 Å². The zero-order chi connectivity index (χ0) is 21.9. The second-order valence-corrected chi connectivity index (χ2v) is 9.15. The number of likely N-dealkylation sites (N-methyl/N-ethyl adjacent to an activating group) is 1. The highest BCUT2D eigenvalue weighted by Crippen LogP contribution is 2.25. The van der Waals surface area contributed by atoms with Crippen molar-refractivity contribution in [3.8, 4) is 0 Å². The minimum absolute atomic E-state index is 0.00326. The maximum absolute atomic E-state index is 13.0. The molecule has 0 saturated heterocycles. The summed E-state index contributed by atoms with van der Waals surface area (Å²) in [5.74, 6) is 0.499. The highest BCUT2D eigenvalue weighted by atomic mass is 32.2. The van der Waals surface area contributed by atoms with Crippen LogP contribution in [0.2, 0.25) is 0 Å². The molecule has 0 unspecified atom stereocenters. The molecule has 6 nitrogen and oxygen atoms in total. The van der Waals surface area contributed by atoms with Crippen LogP contribution >= 0.6 is 11.8 Å². The molecule has 3 amide bonds. The molecule has 0 aliphatic heterocycles. The van der Waals surface area contributed by atoms with Crippen LogP contribution in [0.3, 0.4) is 0 Å². The van der Waals surface area contributed by atoms with Gasteiger partial charge in [-0.2, -0.15) is 0 Å². The van der Waals surface area contributed by atoms with Crippen LogP contribution in [0.4, 0.5) is 0 Å². The molecule has 0 radical (unpaired) electrons. The van der Waals surface area contributed by atoms with E-state index in [0.29, 0.717) is 18.0 Å². The number of hydrogen-bond donors (Lipinski definition) is 2. The Morgan fingerprint density at radius 2 is 1.80 bits per heavy atom. The average Bonchev–Trinajstić information content (AvgIpc) is 2.74. The summed E-state index contributed by atoms with van der Waals surface area (Å²) in [6.07, 6.45) is 6.21. The Hall–Kier alpha value is -2.02. The summed E-state index contributed by atoms with van der Waals surface area (Å²) in [6, 6.07) is 7.31. The molecule has 7 heteroatoms. The van der Waals surface area contributed by atoms with E-state index in [1.165, 1.54) is 48.8 Å². The number of amides is 3. The van der Waals surface area contributed by atoms with Crippen molar-refractivity contribution in [1.82, 2.24) is 15.5 Å². The Bertz CT molecular complexity index is 717. The predicted molar refractivity (Wildman–Crippen MR) is 122 cm³/mol. The van der Waals surface area contributed by atoms with Gasteiger partial charge in [0, 0.05) is 24.0 Å². The Morgan fingerprint density at radius 3 is 2.47 bits per heavy atom. The van der Waals surface area contributed by atoms with Crippen molar-refractivity contribution in [3.05, 3.63) is 29.8 Å². The van der Waals surface area contributed by atoms with Gasteiger partial charge in [0.2, 0.25) is 11.8 Å². The van der Waals surface area contributed by atoms with Gasteiger partial charge in [0.15, 0.2) is 0 Å². The van der Waals surface area contributed by atoms with Gasteiger partial charge in [-0.3, -0.25) is 14.4 Å². The lowest BCUT2D eigenvalue weighted by molar-refractivity contribution is -0.122. The summed E-state index contributed by atoms with van der Waals surface area (Å²) in [4.78, 5) is 39.7. The largest absolute Gasteiger partial charge is 0.355 e. The lowest BCUT2D eigenvalue weighted by Crippen LogP contribution is -2.42. The molecule has 1 fully saturated rings. The lowest BCUT2D eigenvalue weighted by Gasteiger charge is -2.22. The number of thioether (sulfide) groups is 1. The van der Waals surface area contributed by atoms with Gasteiger partial charge in [0.1, 0.15) is 0 Å². The minimum atomic E-state index is -0.192. The fourth-order valence-corrected chi connectivity index (χ4v) is 4.53. The van der Waals surface area contributed by atoms with Crippen LogP contribution in [-0.4, -0.2) is 54.1 Å². The Labute approximate surface area is 184 Å². The number of nitrogens with one attached hydrogen (secondary N) is 2. The van der Waals surface area contributed by atoms with Gasteiger partial charge in [-0.15, -0.1) is 11.8 Å². The molecule has 1 aliphatic rings. The van der Waals surface area contributed by atoms with Gasteiger partial charge in [-0.25, -0.2) is 0 Å². The van der Waals surface area contributed by atoms with Gasteiger partial charge < -0.3 is 15.5 Å². The van der Waals surface area contributed by atoms with Gasteiger partial charge >= 0.3 is 0 Å². The topological polar surface area (TPSA) is 78.5 Å². The van der Waals surface area contributed by atoms with E-state index in [2.05, 4.69) is 10.6 Å². The Balaban J connectivity index is 1.92. The van der Waals surface area contributed by atoms with Gasteiger partial charge in [0.25, 0.3) is 5.91 Å². The number of hydrogen-bond acceptors (Lipinski definition) is 4. The number of benzene rings is 1. The molecule has 166 valence electrons. The molecular formula is C23H35N3O3S. The smallest absolute Gasteiger partial charge is 0.255 e. The van der Waals surface area contributed by atoms with Crippen LogP contribution < -0.4 is 10.6 Å². The quantitative estimate of drug-likeness (QED) is 0.554. The van der Waals surface area contributed by atoms with Crippen LogP contribution in [0.15, 0.2) is 29.2 Å². The second-order valence-electron chi connectivity index (χ2n) is 8.13. The molecule has 30 heavy (non-hydrogen) atoms. The van der Waals surface area contributed by atoms with E-state index in [1.807, 2.05) is 39.0 Å². The minimum Gasteiger partial charge on any atom is -0.355 e. The van der Waals surface area contributed by atoms with E-state index in [4.69, 9.17) is 0 Å². The summed E-state index contributed by atoms with van der Waals surface area (Å²) in [6.45, 7) is 6.84. The van der Waals surface area contributed by atoms with Crippen molar-refractivity contribution in [2.75, 3.05) is 25.4 Å². The Kier molecular flexibility index (Phi) is 10.2. The number of carbonyl (C=O) groups excluding carboxylic acids is 3. The maximum atomic E-state index is 13.0. The summed E-state index contributed by atoms with van der Waals surface area (Å²) >= 11 is 1.37. The summed E-state index contributed by atoms with van der Waals surface area (Å²) in [5, 5.41) is 5.86. The third kappa shape index (κ3) is 8.01. The first-order valence-electron chi connectivity index (χ1n) is 11.0. The average molecular weight is 434 g/mol. The maximum Gasteiger partial charge on any atom is 0.255 e. The van der Waals surface area contributed by atoms with E-state index < -0.39 is 0 Å². The summed E-state index contributed by atoms with van der Waals surface area (Å²) in [7, 11) is 0. The first-order valence-corrected chi connectivity index (χ1v) is 12.0. The van der Waals surface area contributed by atoms with Crippen LogP contribution in [-0.2, 0) is 9.59 Å². The van der Waals surface area contributed by atoms with Crippen LogP contribution in [0.5, 0.6) is 0 Å². The van der Waals surface area contributed by atoms with E-state index in [1.54, 1.807) is 6.07 Å². The Morgan fingerprint density at radius 1 is 1.10 bits per heavy atom. The molecule has 0 atom stereocenters. The van der Waals surface area contributed by atoms with Crippen LogP contribution in [0, 0.1) is 5.92 Å². The number of carbonyl (C=O) groups is 3. The first-order chi connectivity index (χ1) is 14.4. The zero-order valence-electron chi connectivity index (χ0n) is 18.4. The molecule has 1 saturated carbocycles. The van der Waals surface area contributed by atoms with E-state index in [0.717, 1.165) is 11.4 Å². The summed E-state index contributed by atoms with van der Waals surface area (Å²) < 4.78 is 0. The van der Waals surface area contributed by atoms with Crippen molar-refractivity contribution < 1.29 is 14.4 Å². The van der Waals surface area contributed by atoms with E-state index >= 15 is 0 Å². The number of rotatable bonds is 10. The molecule has 0 spiro atoms. The molecular weight excluding hydrogens is 398 g/mol. The third-order valence-electron chi connectivity index (χ3n) is 5.24. The predicted octanol–water partition coefficient (Wildman–Crippen LogP) is 3.46. The van der Waals surface area contributed by atoms with Crippen molar-refractivity contribution in [3.63, 3.8) is 0 Å². The van der Waals surface area contributed by atoms with E-state index in [9.17, 15) is 14.4 Å². The fourth-order valence-electron chi connectivity index (χ4n) is 3.65. The third-order valence-corrected chi connectivity index (χ3v) is 6.32. The van der Waals surface area contributed by atoms with Crippen LogP contribution in [0.1, 0.15) is 63.2 Å². The first kappa shape index (κ1) is 24.3. The van der Waals surface area contributed by atoms with Gasteiger partial charge in [-0.05, 0) is 51.7 Å². The monoisotopic (exact) mass is 433 g/mol.